The molecule has 1 aromatic rings. The van der Waals surface area contributed by atoms with E-state index in [0.717, 1.165) is 11.1 Å². The van der Waals surface area contributed by atoms with Crippen LogP contribution < -0.4 is 5.32 Å². The normalized spacial score (nSPS) is 21.1. The van der Waals surface area contributed by atoms with E-state index in [-0.39, 0.29) is 48.4 Å². The van der Waals surface area contributed by atoms with E-state index in [4.69, 9.17) is 0 Å². The number of hydrogen-bond acceptors (Lipinski definition) is 4. The van der Waals surface area contributed by atoms with Gasteiger partial charge in [0.1, 0.15) is 6.04 Å². The van der Waals surface area contributed by atoms with Crippen molar-refractivity contribution < 1.29 is 19.2 Å². The third kappa shape index (κ3) is 4.86. The lowest BCUT2D eigenvalue weighted by atomic mass is 9.85. The van der Waals surface area contributed by atoms with Crippen LogP contribution in [0.4, 0.5) is 0 Å². The highest BCUT2D eigenvalue weighted by atomic mass is 16.2. The van der Waals surface area contributed by atoms with Crippen LogP contribution in [0, 0.1) is 18.8 Å². The molecule has 1 aliphatic carbocycles. The van der Waals surface area contributed by atoms with Crippen molar-refractivity contribution in [3.8, 4) is 0 Å². The molecule has 1 unspecified atom stereocenters. The number of hydrogen-bond donors (Lipinski definition) is 1. The predicted octanol–water partition coefficient (Wildman–Crippen LogP) is 2.19. The van der Waals surface area contributed by atoms with Crippen molar-refractivity contribution >= 4 is 23.6 Å². The molecule has 1 saturated heterocycles. The SMILES string of the molecule is CCC(C(=O)NC)N(Cc1cccc(C)c1)C(=O)CCN1C(=O)[C@H]2CC=CC[C@H]2C1=O. The van der Waals surface area contributed by atoms with Gasteiger partial charge in [-0.1, -0.05) is 48.9 Å². The Morgan fingerprint density at radius 2 is 1.81 bits per heavy atom. The van der Waals surface area contributed by atoms with Crippen LogP contribution in [-0.4, -0.2) is 53.1 Å². The number of aryl methyl sites for hydroxylation is 1. The van der Waals surface area contributed by atoms with Crippen molar-refractivity contribution in [3.05, 3.63) is 47.5 Å². The molecule has 0 bridgehead atoms. The van der Waals surface area contributed by atoms with Crippen LogP contribution in [0.25, 0.3) is 0 Å². The van der Waals surface area contributed by atoms with E-state index in [2.05, 4.69) is 5.32 Å². The molecular formula is C24H31N3O4. The minimum Gasteiger partial charge on any atom is -0.357 e. The molecular weight excluding hydrogens is 394 g/mol. The molecule has 1 N–H and O–H groups in total. The van der Waals surface area contributed by atoms with Gasteiger partial charge in [-0.05, 0) is 31.7 Å². The fourth-order valence-corrected chi connectivity index (χ4v) is 4.53. The van der Waals surface area contributed by atoms with Crippen LogP contribution in [0.1, 0.15) is 43.7 Å². The molecule has 7 nitrogen and oxygen atoms in total. The molecule has 0 radical (unpaired) electrons. The Bertz CT molecular complexity index is 869. The summed E-state index contributed by atoms with van der Waals surface area (Å²) in [6.45, 7) is 4.19. The van der Waals surface area contributed by atoms with Gasteiger partial charge < -0.3 is 10.2 Å². The largest absolute Gasteiger partial charge is 0.357 e. The molecule has 1 aromatic carbocycles. The van der Waals surface area contributed by atoms with Crippen LogP contribution in [0.3, 0.4) is 0 Å². The molecule has 0 spiro atoms. The Balaban J connectivity index is 1.74. The Kier molecular flexibility index (Phi) is 7.25. The number of nitrogens with one attached hydrogen (secondary N) is 1. The third-order valence-electron chi connectivity index (χ3n) is 6.22. The first kappa shape index (κ1) is 22.7. The number of fused-ring (bicyclic) bond motifs is 1. The van der Waals surface area contributed by atoms with E-state index in [0.29, 0.717) is 25.8 Å². The lowest BCUT2D eigenvalue weighted by Gasteiger charge is -2.31. The molecule has 1 heterocycles. The number of rotatable bonds is 8. The minimum absolute atomic E-state index is 0.00363. The maximum absolute atomic E-state index is 13.2. The fraction of sp³-hybridized carbons (Fsp3) is 0.500. The molecule has 2 aliphatic rings. The van der Waals surface area contributed by atoms with Gasteiger partial charge in [-0.15, -0.1) is 0 Å². The summed E-state index contributed by atoms with van der Waals surface area (Å²) in [6.07, 6.45) is 5.51. The molecule has 1 aliphatic heterocycles. The molecule has 3 rings (SSSR count). The van der Waals surface area contributed by atoms with Gasteiger partial charge in [-0.3, -0.25) is 24.1 Å². The number of likely N-dealkylation sites (N-methyl/N-ethyl adjacent to an activating group) is 1. The number of amides is 4. The standard InChI is InChI=1S/C24H31N3O4/c1-4-20(22(29)25-3)27(15-17-9-7-8-16(2)14-17)21(28)12-13-26-23(30)18-10-5-6-11-19(18)24(26)31/h5-9,14,18-20H,4,10-13,15H2,1-3H3,(H,25,29)/t18-,19+,20?. The summed E-state index contributed by atoms with van der Waals surface area (Å²) in [6, 6.07) is 7.20. The van der Waals surface area contributed by atoms with Gasteiger partial charge in [0.15, 0.2) is 0 Å². The highest BCUT2D eigenvalue weighted by Gasteiger charge is 2.47. The second kappa shape index (κ2) is 9.90. The Hall–Kier alpha value is -2.96. The molecule has 0 aromatic heterocycles. The van der Waals surface area contributed by atoms with Crippen LogP contribution >= 0.6 is 0 Å². The molecule has 7 heteroatoms. The van der Waals surface area contributed by atoms with Crippen LogP contribution in [0.15, 0.2) is 36.4 Å². The summed E-state index contributed by atoms with van der Waals surface area (Å²) in [5.74, 6) is -1.44. The van der Waals surface area contributed by atoms with E-state index in [1.807, 2.05) is 50.3 Å². The first-order valence-corrected chi connectivity index (χ1v) is 10.9. The van der Waals surface area contributed by atoms with Gasteiger partial charge in [0.25, 0.3) is 0 Å². The van der Waals surface area contributed by atoms with Crippen molar-refractivity contribution in [3.63, 3.8) is 0 Å². The Morgan fingerprint density at radius 1 is 1.16 bits per heavy atom. The highest BCUT2D eigenvalue weighted by Crippen LogP contribution is 2.35. The second-order valence-electron chi connectivity index (χ2n) is 8.28. The summed E-state index contributed by atoms with van der Waals surface area (Å²) >= 11 is 0. The van der Waals surface area contributed by atoms with E-state index >= 15 is 0 Å². The maximum atomic E-state index is 13.2. The zero-order valence-corrected chi connectivity index (χ0v) is 18.5. The number of imide groups is 1. The van der Waals surface area contributed by atoms with Crippen molar-refractivity contribution in [1.82, 2.24) is 15.1 Å². The number of carbonyl (C=O) groups is 4. The monoisotopic (exact) mass is 425 g/mol. The average Bonchev–Trinajstić information content (AvgIpc) is 3.01. The fourth-order valence-electron chi connectivity index (χ4n) is 4.53. The topological polar surface area (TPSA) is 86.8 Å². The number of benzene rings is 1. The Morgan fingerprint density at radius 3 is 2.35 bits per heavy atom. The summed E-state index contributed by atoms with van der Waals surface area (Å²) < 4.78 is 0. The van der Waals surface area contributed by atoms with E-state index in [1.165, 1.54) is 4.90 Å². The minimum atomic E-state index is -0.616. The zero-order chi connectivity index (χ0) is 22.5. The van der Waals surface area contributed by atoms with Crippen LogP contribution in [0.2, 0.25) is 0 Å². The van der Waals surface area contributed by atoms with Crippen LogP contribution in [-0.2, 0) is 25.7 Å². The maximum Gasteiger partial charge on any atom is 0.242 e. The quantitative estimate of drug-likeness (QED) is 0.511. The van der Waals surface area contributed by atoms with Crippen LogP contribution in [0.5, 0.6) is 0 Å². The lowest BCUT2D eigenvalue weighted by Crippen LogP contribution is -2.49. The van der Waals surface area contributed by atoms with Crippen molar-refractivity contribution in [2.75, 3.05) is 13.6 Å². The summed E-state index contributed by atoms with van der Waals surface area (Å²) in [5.41, 5.74) is 2.00. The molecule has 166 valence electrons. The van der Waals surface area contributed by atoms with Gasteiger partial charge in [0.05, 0.1) is 11.8 Å². The first-order chi connectivity index (χ1) is 14.9. The molecule has 3 atom stereocenters. The van der Waals surface area contributed by atoms with E-state index < -0.39 is 6.04 Å². The van der Waals surface area contributed by atoms with E-state index in [9.17, 15) is 19.2 Å². The molecule has 1 fully saturated rings. The van der Waals surface area contributed by atoms with Gasteiger partial charge in [0, 0.05) is 26.6 Å². The van der Waals surface area contributed by atoms with Gasteiger partial charge in [-0.25, -0.2) is 0 Å². The average molecular weight is 426 g/mol. The first-order valence-electron chi connectivity index (χ1n) is 10.9. The lowest BCUT2D eigenvalue weighted by molar-refractivity contribution is -0.144. The zero-order valence-electron chi connectivity index (χ0n) is 18.5. The van der Waals surface area contributed by atoms with Crippen molar-refractivity contribution in [2.45, 2.75) is 52.1 Å². The van der Waals surface area contributed by atoms with Gasteiger partial charge >= 0.3 is 0 Å². The van der Waals surface area contributed by atoms with Crippen molar-refractivity contribution in [1.29, 1.82) is 0 Å². The van der Waals surface area contributed by atoms with Gasteiger partial charge in [0.2, 0.25) is 23.6 Å². The smallest absolute Gasteiger partial charge is 0.242 e. The number of likely N-dealkylation sites (tertiary alicyclic amines) is 1. The molecule has 4 amide bonds. The van der Waals surface area contributed by atoms with Gasteiger partial charge in [-0.2, -0.15) is 0 Å². The highest BCUT2D eigenvalue weighted by molar-refractivity contribution is 6.05. The second-order valence-corrected chi connectivity index (χ2v) is 8.28. The molecule has 0 saturated carbocycles. The third-order valence-corrected chi connectivity index (χ3v) is 6.22. The van der Waals surface area contributed by atoms with E-state index in [1.54, 1.807) is 11.9 Å². The summed E-state index contributed by atoms with van der Waals surface area (Å²) in [4.78, 5) is 53.9. The van der Waals surface area contributed by atoms with Crippen molar-refractivity contribution in [2.24, 2.45) is 11.8 Å². The number of carbonyl (C=O) groups excluding carboxylic acids is 4. The number of allylic oxidation sites excluding steroid dienone is 2. The molecule has 31 heavy (non-hydrogen) atoms. The predicted molar refractivity (Wildman–Crippen MR) is 117 cm³/mol. The Labute approximate surface area is 183 Å². The number of nitrogens with zero attached hydrogens (tertiary/aromatic N) is 2. The summed E-state index contributed by atoms with van der Waals surface area (Å²) in [7, 11) is 1.55. The summed E-state index contributed by atoms with van der Waals surface area (Å²) in [5, 5.41) is 2.64.